The van der Waals surface area contributed by atoms with E-state index >= 15 is 0 Å². The molecule has 0 unspecified atom stereocenters. The zero-order chi connectivity index (χ0) is 33.9. The Kier molecular flexibility index (Phi) is 5.47. The minimum absolute atomic E-state index is 0.873. The Balaban J connectivity index is 1.01. The number of benzene rings is 8. The minimum atomic E-state index is 0.873. The third kappa shape index (κ3) is 3.70. The van der Waals surface area contributed by atoms with Crippen LogP contribution in [0.15, 0.2) is 176 Å². The van der Waals surface area contributed by atoms with Gasteiger partial charge in [-0.1, -0.05) is 97.1 Å². The molecule has 0 atom stereocenters. The van der Waals surface area contributed by atoms with Gasteiger partial charge < -0.3 is 18.4 Å². The summed E-state index contributed by atoms with van der Waals surface area (Å²) in [6.07, 6.45) is 0. The van der Waals surface area contributed by atoms with Crippen LogP contribution in [0.2, 0.25) is 0 Å². The number of hydrogen-bond donors (Lipinski definition) is 0. The van der Waals surface area contributed by atoms with Crippen LogP contribution >= 0.6 is 0 Å². The highest BCUT2D eigenvalue weighted by molar-refractivity contribution is 6.14. The molecule has 0 spiro atoms. The summed E-state index contributed by atoms with van der Waals surface area (Å²) in [4.78, 5) is 0. The summed E-state index contributed by atoms with van der Waals surface area (Å²) in [5.74, 6) is 1.76. The largest absolute Gasteiger partial charge is 0.453 e. The van der Waals surface area contributed by atoms with Gasteiger partial charge in [0.1, 0.15) is 0 Å². The van der Waals surface area contributed by atoms with Crippen LogP contribution in [0, 0.1) is 0 Å². The molecule has 4 heterocycles. The van der Waals surface area contributed by atoms with Gasteiger partial charge in [-0.2, -0.15) is 0 Å². The average molecular weight is 664 g/mol. The monoisotopic (exact) mass is 663 g/mol. The van der Waals surface area contributed by atoms with E-state index in [9.17, 15) is 0 Å². The number of rotatable bonds is 3. The van der Waals surface area contributed by atoms with Crippen LogP contribution in [-0.2, 0) is 0 Å². The lowest BCUT2D eigenvalue weighted by Gasteiger charge is -2.21. The molecule has 0 saturated carbocycles. The lowest BCUT2D eigenvalue weighted by atomic mass is 10.0. The van der Waals surface area contributed by atoms with Gasteiger partial charge in [-0.25, -0.2) is 0 Å². The lowest BCUT2D eigenvalue weighted by molar-refractivity contribution is 0.476. The van der Waals surface area contributed by atoms with Crippen LogP contribution in [0.1, 0.15) is 0 Å². The van der Waals surface area contributed by atoms with E-state index in [4.69, 9.17) is 4.74 Å². The van der Waals surface area contributed by atoms with Crippen LogP contribution in [-0.4, -0.2) is 13.7 Å². The van der Waals surface area contributed by atoms with Crippen molar-refractivity contribution in [3.8, 4) is 39.7 Å². The second-order valence-electron chi connectivity index (χ2n) is 13.8. The predicted octanol–water partition coefficient (Wildman–Crippen LogP) is 12.8. The molecule has 8 aromatic carbocycles. The molecular weight excluding hydrogens is 635 g/mol. The van der Waals surface area contributed by atoms with Crippen molar-refractivity contribution < 1.29 is 4.74 Å². The Hall–Kier alpha value is -7.04. The first-order valence-corrected chi connectivity index (χ1v) is 17.8. The molecule has 52 heavy (non-hydrogen) atoms. The molecule has 11 aromatic rings. The second-order valence-corrected chi connectivity index (χ2v) is 13.8. The van der Waals surface area contributed by atoms with Gasteiger partial charge >= 0.3 is 0 Å². The zero-order valence-electron chi connectivity index (χ0n) is 28.0. The minimum Gasteiger partial charge on any atom is -0.453 e. The number of hydrogen-bond acceptors (Lipinski definition) is 1. The van der Waals surface area contributed by atoms with E-state index in [1.54, 1.807) is 0 Å². The fraction of sp³-hybridized carbons (Fsp3) is 0. The normalized spacial score (nSPS) is 12.4. The summed E-state index contributed by atoms with van der Waals surface area (Å²) in [5.41, 5.74) is 12.8. The number of ether oxygens (including phenoxy) is 1. The topological polar surface area (TPSA) is 24.0 Å². The van der Waals surface area contributed by atoms with Crippen molar-refractivity contribution in [1.29, 1.82) is 0 Å². The van der Waals surface area contributed by atoms with Crippen LogP contribution in [0.4, 0.5) is 0 Å². The Morgan fingerprint density at radius 2 is 0.808 bits per heavy atom. The van der Waals surface area contributed by atoms with Gasteiger partial charge in [-0.05, 0) is 90.0 Å². The van der Waals surface area contributed by atoms with Gasteiger partial charge in [0.25, 0.3) is 0 Å². The Morgan fingerprint density at radius 3 is 1.48 bits per heavy atom. The Morgan fingerprint density at radius 1 is 0.308 bits per heavy atom. The number of aromatic nitrogens is 3. The van der Waals surface area contributed by atoms with Gasteiger partial charge in [-0.15, -0.1) is 0 Å². The van der Waals surface area contributed by atoms with Gasteiger partial charge in [-0.3, -0.25) is 0 Å². The standard InChI is InChI=1S/C48H29N3O/c1-5-15-40-34(11-1)35-12-2-6-16-41(35)50(40)33-25-26-44-38(29-33)36-13-3-7-17-42(36)49(44)32-23-21-30(22-24-32)31-27-39-37-14-4-8-18-43(37)51-45-19-9-10-20-46(45)52-47(28-31)48(39)51/h1-29H. The van der Waals surface area contributed by atoms with E-state index in [1.165, 1.54) is 59.9 Å². The SMILES string of the molecule is c1ccc2c(c1)Oc1cc(-c3ccc(-n4c5ccccc5c5cc(-n6c7ccccc7c7ccccc76)ccc54)cc3)cc3c4ccccc4n-2c13. The summed E-state index contributed by atoms with van der Waals surface area (Å²) in [6.45, 7) is 0. The van der Waals surface area contributed by atoms with Crippen LogP contribution < -0.4 is 4.74 Å². The quantitative estimate of drug-likeness (QED) is 0.185. The van der Waals surface area contributed by atoms with Crippen molar-refractivity contribution in [1.82, 2.24) is 13.7 Å². The smallest absolute Gasteiger partial charge is 0.152 e. The Labute approximate surface area is 298 Å². The zero-order valence-corrected chi connectivity index (χ0v) is 28.0. The van der Waals surface area contributed by atoms with E-state index in [-0.39, 0.29) is 0 Å². The molecular formula is C48H29N3O. The lowest BCUT2D eigenvalue weighted by Crippen LogP contribution is -2.04. The van der Waals surface area contributed by atoms with Crippen molar-refractivity contribution in [3.05, 3.63) is 176 Å². The first-order chi connectivity index (χ1) is 25.8. The van der Waals surface area contributed by atoms with Gasteiger partial charge in [0.15, 0.2) is 11.5 Å². The summed E-state index contributed by atoms with van der Waals surface area (Å²) in [7, 11) is 0. The third-order valence-corrected chi connectivity index (χ3v) is 11.0. The molecule has 0 N–H and O–H groups in total. The molecule has 0 radical (unpaired) electrons. The van der Waals surface area contributed by atoms with E-state index in [2.05, 4.69) is 184 Å². The van der Waals surface area contributed by atoms with Crippen LogP contribution in [0.25, 0.3) is 93.6 Å². The molecule has 4 nitrogen and oxygen atoms in total. The number of fused-ring (bicyclic) bond motifs is 11. The predicted molar refractivity (Wildman–Crippen MR) is 215 cm³/mol. The molecule has 0 aliphatic carbocycles. The molecule has 0 bridgehead atoms. The molecule has 242 valence electrons. The number of nitrogens with zero attached hydrogens (tertiary/aromatic N) is 3. The summed E-state index contributed by atoms with van der Waals surface area (Å²) < 4.78 is 13.7. The van der Waals surface area contributed by atoms with Crippen LogP contribution in [0.5, 0.6) is 11.5 Å². The molecule has 1 aliphatic rings. The van der Waals surface area contributed by atoms with Crippen molar-refractivity contribution >= 4 is 65.4 Å². The van der Waals surface area contributed by atoms with E-state index in [0.29, 0.717) is 0 Å². The van der Waals surface area contributed by atoms with Crippen LogP contribution in [0.3, 0.4) is 0 Å². The molecule has 0 amide bonds. The maximum atomic E-state index is 6.58. The molecule has 0 fully saturated rings. The maximum Gasteiger partial charge on any atom is 0.152 e. The fourth-order valence-electron chi connectivity index (χ4n) is 8.78. The summed E-state index contributed by atoms with van der Waals surface area (Å²) in [5, 5.41) is 7.43. The third-order valence-electron chi connectivity index (χ3n) is 11.0. The highest BCUT2D eigenvalue weighted by atomic mass is 16.5. The fourth-order valence-corrected chi connectivity index (χ4v) is 8.78. The summed E-state index contributed by atoms with van der Waals surface area (Å²) in [6, 6.07) is 63.5. The molecule has 0 saturated heterocycles. The molecule has 1 aliphatic heterocycles. The molecule has 12 rings (SSSR count). The van der Waals surface area contributed by atoms with Crippen molar-refractivity contribution in [3.63, 3.8) is 0 Å². The van der Waals surface area contributed by atoms with Crippen molar-refractivity contribution in [2.45, 2.75) is 0 Å². The second kappa shape index (κ2) is 10.3. The Bertz CT molecular complexity index is 3210. The molecule has 4 heteroatoms. The summed E-state index contributed by atoms with van der Waals surface area (Å²) >= 11 is 0. The first kappa shape index (κ1) is 27.7. The highest BCUT2D eigenvalue weighted by Gasteiger charge is 2.24. The van der Waals surface area contributed by atoms with E-state index in [1.807, 2.05) is 6.07 Å². The highest BCUT2D eigenvalue weighted by Crippen LogP contribution is 2.47. The van der Waals surface area contributed by atoms with E-state index in [0.717, 1.165) is 45.2 Å². The average Bonchev–Trinajstić information content (AvgIpc) is 3.84. The first-order valence-electron chi connectivity index (χ1n) is 17.8. The molecule has 3 aromatic heterocycles. The number of para-hydroxylation sites is 6. The van der Waals surface area contributed by atoms with E-state index < -0.39 is 0 Å². The van der Waals surface area contributed by atoms with Gasteiger partial charge in [0, 0.05) is 43.7 Å². The van der Waals surface area contributed by atoms with Crippen molar-refractivity contribution in [2.75, 3.05) is 0 Å². The maximum absolute atomic E-state index is 6.58. The van der Waals surface area contributed by atoms with Crippen molar-refractivity contribution in [2.24, 2.45) is 0 Å². The van der Waals surface area contributed by atoms with Gasteiger partial charge in [0.2, 0.25) is 0 Å². The van der Waals surface area contributed by atoms with Gasteiger partial charge in [0.05, 0.1) is 38.8 Å².